The molecule has 108 valence electrons. The van der Waals surface area contributed by atoms with Gasteiger partial charge in [-0.1, -0.05) is 17.7 Å². The Hall–Kier alpha value is -0.620. The third-order valence-electron chi connectivity index (χ3n) is 3.03. The van der Waals surface area contributed by atoms with Gasteiger partial charge in [0.2, 0.25) is 0 Å². The molecule has 19 heavy (non-hydrogen) atoms. The van der Waals surface area contributed by atoms with Gasteiger partial charge in [0.25, 0.3) is 9.05 Å². The van der Waals surface area contributed by atoms with Crippen molar-refractivity contribution in [2.45, 2.75) is 11.8 Å². The van der Waals surface area contributed by atoms with Gasteiger partial charge in [-0.3, -0.25) is 0 Å². The van der Waals surface area contributed by atoms with E-state index in [1.54, 1.807) is 12.1 Å². The fourth-order valence-electron chi connectivity index (χ4n) is 1.61. The summed E-state index contributed by atoms with van der Waals surface area (Å²) in [5.41, 5.74) is 1.01. The number of benzene rings is 1. The summed E-state index contributed by atoms with van der Waals surface area (Å²) in [7, 11) is 5.88. The number of halogens is 1. The predicted octanol–water partition coefficient (Wildman–Crippen LogP) is 1.79. The number of aryl methyl sites for hydroxylation is 1. The molecule has 0 bridgehead atoms. The number of nitrogens with zero attached hydrogens (tertiary/aromatic N) is 2. The molecule has 6 heteroatoms. The molecule has 0 unspecified atom stereocenters. The first kappa shape index (κ1) is 16.4. The van der Waals surface area contributed by atoms with E-state index in [1.807, 2.05) is 6.92 Å². The van der Waals surface area contributed by atoms with Crippen LogP contribution in [-0.2, 0) is 9.05 Å². The smallest absolute Gasteiger partial charge is 0.261 e. The highest BCUT2D eigenvalue weighted by atomic mass is 35.7. The molecular formula is C13H21ClN2O2S. The molecule has 1 aromatic carbocycles. The molecule has 0 amide bonds. The maximum Gasteiger partial charge on any atom is 0.261 e. The van der Waals surface area contributed by atoms with E-state index in [0.717, 1.165) is 5.56 Å². The number of rotatable bonds is 1. The second kappa shape index (κ2) is 7.24. The molecule has 1 saturated heterocycles. The molecule has 0 aliphatic carbocycles. The molecule has 0 atom stereocenters. The van der Waals surface area contributed by atoms with Crippen LogP contribution in [0.3, 0.4) is 0 Å². The van der Waals surface area contributed by atoms with E-state index in [-0.39, 0.29) is 4.90 Å². The quantitative estimate of drug-likeness (QED) is 0.742. The summed E-state index contributed by atoms with van der Waals surface area (Å²) < 4.78 is 21.4. The van der Waals surface area contributed by atoms with Crippen molar-refractivity contribution >= 4 is 19.7 Å². The van der Waals surface area contributed by atoms with Gasteiger partial charge in [0.05, 0.1) is 4.90 Å². The molecule has 4 nitrogen and oxygen atoms in total. The van der Waals surface area contributed by atoms with E-state index >= 15 is 0 Å². The zero-order chi connectivity index (χ0) is 14.5. The minimum atomic E-state index is -3.55. The van der Waals surface area contributed by atoms with Crippen LogP contribution in [0.15, 0.2) is 29.2 Å². The largest absolute Gasteiger partial charge is 0.304 e. The van der Waals surface area contributed by atoms with Gasteiger partial charge < -0.3 is 9.80 Å². The van der Waals surface area contributed by atoms with Crippen LogP contribution < -0.4 is 0 Å². The van der Waals surface area contributed by atoms with E-state index < -0.39 is 9.05 Å². The minimum absolute atomic E-state index is 0.143. The second-order valence-corrected chi connectivity index (χ2v) is 7.42. The first-order valence-corrected chi connectivity index (χ1v) is 8.48. The van der Waals surface area contributed by atoms with Gasteiger partial charge in [0.15, 0.2) is 0 Å². The van der Waals surface area contributed by atoms with E-state index in [9.17, 15) is 8.42 Å². The highest BCUT2D eigenvalue weighted by molar-refractivity contribution is 8.13. The normalized spacial score (nSPS) is 17.7. The molecule has 1 fully saturated rings. The van der Waals surface area contributed by atoms with Gasteiger partial charge in [-0.25, -0.2) is 8.42 Å². The Balaban J connectivity index is 0.000000200. The summed E-state index contributed by atoms with van der Waals surface area (Å²) in [5.74, 6) is 0. The lowest BCUT2D eigenvalue weighted by atomic mass is 10.2. The zero-order valence-corrected chi connectivity index (χ0v) is 13.2. The topological polar surface area (TPSA) is 40.6 Å². The SMILES string of the molecule is CN1CCN(C)CC1.Cc1ccc(S(=O)(=O)Cl)cc1. The fraction of sp³-hybridized carbons (Fsp3) is 0.538. The van der Waals surface area contributed by atoms with Crippen LogP contribution in [0.25, 0.3) is 0 Å². The summed E-state index contributed by atoms with van der Waals surface area (Å²) in [5, 5.41) is 0. The number of likely N-dealkylation sites (N-methyl/N-ethyl adjacent to an activating group) is 2. The number of hydrogen-bond donors (Lipinski definition) is 0. The third-order valence-corrected chi connectivity index (χ3v) is 4.40. The predicted molar refractivity (Wildman–Crippen MR) is 79.2 cm³/mol. The van der Waals surface area contributed by atoms with Gasteiger partial charge >= 0.3 is 0 Å². The minimum Gasteiger partial charge on any atom is -0.304 e. The first-order chi connectivity index (χ1) is 8.79. The Morgan fingerprint density at radius 3 is 1.63 bits per heavy atom. The van der Waals surface area contributed by atoms with Crippen molar-refractivity contribution in [3.63, 3.8) is 0 Å². The summed E-state index contributed by atoms with van der Waals surface area (Å²) in [4.78, 5) is 4.87. The van der Waals surface area contributed by atoms with E-state index in [2.05, 4.69) is 23.9 Å². The van der Waals surface area contributed by atoms with Gasteiger partial charge in [0, 0.05) is 36.9 Å². The van der Waals surface area contributed by atoms with Crippen LogP contribution in [0, 0.1) is 6.92 Å². The van der Waals surface area contributed by atoms with Crippen LogP contribution in [0.4, 0.5) is 0 Å². The zero-order valence-electron chi connectivity index (χ0n) is 11.6. The standard InChI is InChI=1S/C7H7ClO2S.C6H14N2/c1-6-2-4-7(5-3-6)11(8,9)10;1-7-3-5-8(2)6-4-7/h2-5H,1H3;3-6H2,1-2H3. The second-order valence-electron chi connectivity index (χ2n) is 4.86. The maximum absolute atomic E-state index is 10.7. The first-order valence-electron chi connectivity index (χ1n) is 6.17. The molecule has 1 heterocycles. The molecule has 1 aromatic rings. The van der Waals surface area contributed by atoms with E-state index in [4.69, 9.17) is 10.7 Å². The monoisotopic (exact) mass is 304 g/mol. The van der Waals surface area contributed by atoms with Crippen LogP contribution in [0.2, 0.25) is 0 Å². The van der Waals surface area contributed by atoms with Crippen LogP contribution in [0.5, 0.6) is 0 Å². The maximum atomic E-state index is 10.7. The summed E-state index contributed by atoms with van der Waals surface area (Å²) in [6, 6.07) is 6.37. The van der Waals surface area contributed by atoms with Gasteiger partial charge in [-0.05, 0) is 33.2 Å². The van der Waals surface area contributed by atoms with E-state index in [0.29, 0.717) is 0 Å². The molecular weight excluding hydrogens is 284 g/mol. The Morgan fingerprint density at radius 1 is 0.947 bits per heavy atom. The van der Waals surface area contributed by atoms with Crippen LogP contribution in [0.1, 0.15) is 5.56 Å². The van der Waals surface area contributed by atoms with Crippen molar-refractivity contribution < 1.29 is 8.42 Å². The Kier molecular flexibility index (Phi) is 6.26. The lowest BCUT2D eigenvalue weighted by Crippen LogP contribution is -2.42. The van der Waals surface area contributed by atoms with Gasteiger partial charge in [0.1, 0.15) is 0 Å². The molecule has 1 aliphatic rings. The molecule has 0 spiro atoms. The summed E-state index contributed by atoms with van der Waals surface area (Å²) in [6.07, 6.45) is 0. The molecule has 0 radical (unpaired) electrons. The van der Waals surface area contributed by atoms with Crippen molar-refractivity contribution in [1.29, 1.82) is 0 Å². The number of piperazine rings is 1. The van der Waals surface area contributed by atoms with Crippen LogP contribution >= 0.6 is 10.7 Å². The van der Waals surface area contributed by atoms with Gasteiger partial charge in [-0.2, -0.15) is 0 Å². The van der Waals surface area contributed by atoms with Gasteiger partial charge in [-0.15, -0.1) is 0 Å². The Morgan fingerprint density at radius 2 is 1.32 bits per heavy atom. The average molecular weight is 305 g/mol. The van der Waals surface area contributed by atoms with Crippen molar-refractivity contribution in [1.82, 2.24) is 9.80 Å². The number of hydrogen-bond acceptors (Lipinski definition) is 4. The molecule has 0 aromatic heterocycles. The molecule has 2 rings (SSSR count). The van der Waals surface area contributed by atoms with Crippen molar-refractivity contribution in [2.24, 2.45) is 0 Å². The van der Waals surface area contributed by atoms with Crippen molar-refractivity contribution in [3.05, 3.63) is 29.8 Å². The Labute approximate surface area is 120 Å². The lowest BCUT2D eigenvalue weighted by Gasteiger charge is -2.28. The lowest BCUT2D eigenvalue weighted by molar-refractivity contribution is 0.181. The molecule has 0 saturated carbocycles. The highest BCUT2D eigenvalue weighted by Gasteiger charge is 2.08. The fourth-order valence-corrected chi connectivity index (χ4v) is 2.38. The van der Waals surface area contributed by atoms with Crippen LogP contribution in [-0.4, -0.2) is 58.5 Å². The highest BCUT2D eigenvalue weighted by Crippen LogP contribution is 2.14. The van der Waals surface area contributed by atoms with Crippen molar-refractivity contribution in [2.75, 3.05) is 40.3 Å². The molecule has 1 aliphatic heterocycles. The van der Waals surface area contributed by atoms with E-state index in [1.165, 1.54) is 38.3 Å². The Bertz CT molecular complexity index is 470. The molecule has 0 N–H and O–H groups in total. The third kappa shape index (κ3) is 6.38. The van der Waals surface area contributed by atoms with Crippen molar-refractivity contribution in [3.8, 4) is 0 Å². The summed E-state index contributed by atoms with van der Waals surface area (Å²) in [6.45, 7) is 6.81. The summed E-state index contributed by atoms with van der Waals surface area (Å²) >= 11 is 0. The average Bonchev–Trinajstić information content (AvgIpc) is 2.33.